The van der Waals surface area contributed by atoms with Crippen LogP contribution in [0.5, 0.6) is 5.75 Å². The molecule has 0 radical (unpaired) electrons. The van der Waals surface area contributed by atoms with Crippen molar-refractivity contribution in [2.45, 2.75) is 19.9 Å². The van der Waals surface area contributed by atoms with Crippen LogP contribution in [-0.4, -0.2) is 30.2 Å². The van der Waals surface area contributed by atoms with E-state index in [4.69, 9.17) is 13.9 Å². The topological polar surface area (TPSA) is 123 Å². The highest BCUT2D eigenvalue weighted by molar-refractivity contribution is 7.07. The van der Waals surface area contributed by atoms with Gasteiger partial charge in [0.2, 0.25) is 0 Å². The van der Waals surface area contributed by atoms with Crippen LogP contribution in [0.15, 0.2) is 86.1 Å². The highest BCUT2D eigenvalue weighted by atomic mass is 32.1. The van der Waals surface area contributed by atoms with Gasteiger partial charge in [-0.15, -0.1) is 0 Å². The second kappa shape index (κ2) is 10.6. The number of carboxylic acids is 1. The van der Waals surface area contributed by atoms with E-state index in [1.807, 2.05) is 6.07 Å². The molecule has 0 saturated heterocycles. The molecule has 39 heavy (non-hydrogen) atoms. The zero-order valence-corrected chi connectivity index (χ0v) is 22.1. The summed E-state index contributed by atoms with van der Waals surface area (Å²) in [7, 11) is 1.54. The maximum atomic E-state index is 13.8. The van der Waals surface area contributed by atoms with Crippen molar-refractivity contribution in [3.63, 3.8) is 0 Å². The Hall–Kier alpha value is -4.70. The van der Waals surface area contributed by atoms with Crippen LogP contribution < -0.4 is 24.7 Å². The van der Waals surface area contributed by atoms with Crippen molar-refractivity contribution in [1.29, 1.82) is 0 Å². The first-order valence-corrected chi connectivity index (χ1v) is 12.9. The summed E-state index contributed by atoms with van der Waals surface area (Å²) in [6.45, 7) is 3.60. The van der Waals surface area contributed by atoms with Gasteiger partial charge >= 0.3 is 5.97 Å². The van der Waals surface area contributed by atoms with Gasteiger partial charge in [-0.3, -0.25) is 9.36 Å². The number of rotatable bonds is 7. The maximum absolute atomic E-state index is 13.8. The molecule has 0 bridgehead atoms. The van der Waals surface area contributed by atoms with Crippen LogP contribution >= 0.6 is 11.3 Å². The molecule has 3 heterocycles. The standard InChI is InChI=1S/C29H24N2O7S/c1-4-37-28(35)24-16(2)30-29-31(25(24)17-8-7-9-18(14-17)36-3)26(32)23(39-29)15-19-12-13-22(38-19)20-10-5-6-11-21(20)27(33)34/h5-15,25H,4H2,1-3H3,(H,33,34)/p-1/t25-/m1/s1. The summed E-state index contributed by atoms with van der Waals surface area (Å²) in [5, 5.41) is 11.5. The third-order valence-corrected chi connectivity index (χ3v) is 7.22. The summed E-state index contributed by atoms with van der Waals surface area (Å²) >= 11 is 1.16. The van der Waals surface area contributed by atoms with Crippen molar-refractivity contribution in [3.05, 3.63) is 109 Å². The normalized spacial score (nSPS) is 15.1. The molecule has 5 rings (SSSR count). The number of aromatic carboxylic acids is 1. The Bertz CT molecular complexity index is 1810. The molecular weight excluding hydrogens is 520 g/mol. The Balaban J connectivity index is 1.65. The van der Waals surface area contributed by atoms with Crippen molar-refractivity contribution >= 4 is 29.4 Å². The van der Waals surface area contributed by atoms with Crippen LogP contribution in [0.1, 0.15) is 41.6 Å². The van der Waals surface area contributed by atoms with Crippen molar-refractivity contribution in [3.8, 4) is 17.1 Å². The molecule has 0 aliphatic carbocycles. The fourth-order valence-corrected chi connectivity index (χ4v) is 5.53. The second-order valence-corrected chi connectivity index (χ2v) is 9.62. The van der Waals surface area contributed by atoms with E-state index in [0.29, 0.717) is 43.4 Å². The predicted molar refractivity (Wildman–Crippen MR) is 142 cm³/mol. The molecule has 1 aliphatic heterocycles. The zero-order chi connectivity index (χ0) is 27.7. The molecule has 0 spiro atoms. The lowest BCUT2D eigenvalue weighted by Crippen LogP contribution is -2.39. The van der Waals surface area contributed by atoms with Crippen LogP contribution in [0, 0.1) is 0 Å². The lowest BCUT2D eigenvalue weighted by molar-refractivity contribution is -0.255. The fourth-order valence-electron chi connectivity index (χ4n) is 4.50. The van der Waals surface area contributed by atoms with Crippen molar-refractivity contribution in [2.24, 2.45) is 4.99 Å². The number of aromatic nitrogens is 1. The van der Waals surface area contributed by atoms with Gasteiger partial charge in [-0.05, 0) is 43.7 Å². The molecule has 9 nitrogen and oxygen atoms in total. The number of carbonyl (C=O) groups excluding carboxylic acids is 2. The van der Waals surface area contributed by atoms with Gasteiger partial charge in [-0.1, -0.05) is 47.7 Å². The van der Waals surface area contributed by atoms with Crippen LogP contribution in [0.4, 0.5) is 0 Å². The van der Waals surface area contributed by atoms with Crippen LogP contribution in [-0.2, 0) is 9.53 Å². The molecule has 4 aromatic rings. The van der Waals surface area contributed by atoms with Crippen LogP contribution in [0.25, 0.3) is 17.4 Å². The van der Waals surface area contributed by atoms with Crippen molar-refractivity contribution in [1.82, 2.24) is 4.57 Å². The van der Waals surface area contributed by atoms with E-state index in [0.717, 1.165) is 11.3 Å². The monoisotopic (exact) mass is 543 g/mol. The second-order valence-electron chi connectivity index (χ2n) is 8.61. The van der Waals surface area contributed by atoms with E-state index < -0.39 is 18.0 Å². The number of allylic oxidation sites excluding steroid dienone is 1. The average molecular weight is 544 g/mol. The number of benzene rings is 2. The number of carbonyl (C=O) groups is 2. The first-order chi connectivity index (χ1) is 18.8. The van der Waals surface area contributed by atoms with E-state index in [9.17, 15) is 19.5 Å². The van der Waals surface area contributed by atoms with Gasteiger partial charge < -0.3 is 23.8 Å². The summed E-state index contributed by atoms with van der Waals surface area (Å²) < 4.78 is 18.4. The number of furan rings is 1. The number of methoxy groups -OCH3 is 1. The van der Waals surface area contributed by atoms with Crippen LogP contribution in [0.2, 0.25) is 0 Å². The molecule has 0 fully saturated rings. The quantitative estimate of drug-likeness (QED) is 0.328. The van der Waals surface area contributed by atoms with Gasteiger partial charge in [0.05, 0.1) is 41.5 Å². The summed E-state index contributed by atoms with van der Waals surface area (Å²) in [6, 6.07) is 16.0. The van der Waals surface area contributed by atoms with E-state index >= 15 is 0 Å². The molecule has 198 valence electrons. The molecule has 0 saturated carbocycles. The molecule has 10 heteroatoms. The van der Waals surface area contributed by atoms with Gasteiger partial charge in [0.1, 0.15) is 17.3 Å². The minimum atomic E-state index is -1.32. The Morgan fingerprint density at radius 1 is 1.15 bits per heavy atom. The molecule has 0 amide bonds. The Morgan fingerprint density at radius 3 is 2.69 bits per heavy atom. The largest absolute Gasteiger partial charge is 0.545 e. The molecule has 0 N–H and O–H groups in total. The zero-order valence-electron chi connectivity index (χ0n) is 21.3. The minimum absolute atomic E-state index is 0.00182. The minimum Gasteiger partial charge on any atom is -0.545 e. The summed E-state index contributed by atoms with van der Waals surface area (Å²) in [5.74, 6) is -0.621. The van der Waals surface area contributed by atoms with E-state index in [1.165, 1.54) is 10.6 Å². The molecule has 2 aromatic carbocycles. The van der Waals surface area contributed by atoms with Crippen molar-refractivity contribution < 1.29 is 28.6 Å². The van der Waals surface area contributed by atoms with Crippen molar-refractivity contribution in [2.75, 3.05) is 13.7 Å². The van der Waals surface area contributed by atoms with Gasteiger partial charge in [0.25, 0.3) is 5.56 Å². The molecule has 0 unspecified atom stereocenters. The first-order valence-electron chi connectivity index (χ1n) is 12.1. The SMILES string of the molecule is CCOC(=O)C1=C(C)N=c2sc(=Cc3ccc(-c4ccccc4C(=O)[O-])o3)c(=O)n2[C@@H]1c1cccc(OC)c1. The van der Waals surface area contributed by atoms with Crippen LogP contribution in [0.3, 0.4) is 0 Å². The van der Waals surface area contributed by atoms with Gasteiger partial charge in [-0.25, -0.2) is 9.79 Å². The molecule has 2 aromatic heterocycles. The Kier molecular flexibility index (Phi) is 7.03. The molecule has 1 aliphatic rings. The number of esters is 1. The predicted octanol–water partition coefficient (Wildman–Crippen LogP) is 2.43. The maximum Gasteiger partial charge on any atom is 0.338 e. The number of carboxylic acid groups (broad SMARTS) is 1. The lowest BCUT2D eigenvalue weighted by Gasteiger charge is -2.24. The number of fused-ring (bicyclic) bond motifs is 1. The summed E-state index contributed by atoms with van der Waals surface area (Å²) in [5.41, 5.74) is 1.38. The lowest BCUT2D eigenvalue weighted by atomic mass is 9.95. The number of thiazole rings is 1. The molecular formula is C29H23N2O7S-. The van der Waals surface area contributed by atoms with Gasteiger partial charge in [0, 0.05) is 17.2 Å². The third-order valence-electron chi connectivity index (χ3n) is 6.24. The highest BCUT2D eigenvalue weighted by Crippen LogP contribution is 2.32. The number of hydrogen-bond donors (Lipinski definition) is 0. The van der Waals surface area contributed by atoms with Gasteiger partial charge in [-0.2, -0.15) is 0 Å². The van der Waals surface area contributed by atoms with E-state index in [2.05, 4.69) is 4.99 Å². The number of hydrogen-bond acceptors (Lipinski definition) is 9. The highest BCUT2D eigenvalue weighted by Gasteiger charge is 2.33. The Labute approximate surface area is 226 Å². The van der Waals surface area contributed by atoms with Gasteiger partial charge in [0.15, 0.2) is 4.80 Å². The fraction of sp³-hybridized carbons (Fsp3) is 0.172. The summed E-state index contributed by atoms with van der Waals surface area (Å²) in [4.78, 5) is 43.3. The Morgan fingerprint density at radius 2 is 1.95 bits per heavy atom. The third kappa shape index (κ3) is 4.82. The number of ether oxygens (including phenoxy) is 2. The molecule has 1 atom stereocenters. The summed E-state index contributed by atoms with van der Waals surface area (Å²) in [6.07, 6.45) is 1.57. The van der Waals surface area contributed by atoms with E-state index in [-0.39, 0.29) is 23.3 Å². The smallest absolute Gasteiger partial charge is 0.338 e. The first kappa shape index (κ1) is 25.9. The number of nitrogens with zero attached hydrogens (tertiary/aromatic N) is 2. The van der Waals surface area contributed by atoms with E-state index in [1.54, 1.807) is 75.6 Å². The average Bonchev–Trinajstić information content (AvgIpc) is 3.52.